The number of hydrogen-bond donors (Lipinski definition) is 1. The largest absolute Gasteiger partial charge is 0.369 e. The Bertz CT molecular complexity index is 671. The number of hydrogen-bond acceptors (Lipinski definition) is 4. The Kier molecular flexibility index (Phi) is 8.64. The van der Waals surface area contributed by atoms with E-state index in [1.54, 1.807) is 0 Å². The van der Waals surface area contributed by atoms with Crippen LogP contribution in [0.2, 0.25) is 5.02 Å². The zero-order chi connectivity index (χ0) is 20.5. The minimum atomic E-state index is 0.113. The molecular weight excluding hydrogens is 384 g/mol. The van der Waals surface area contributed by atoms with Crippen molar-refractivity contribution < 1.29 is 4.79 Å². The Hall–Kier alpha value is -1.77. The van der Waals surface area contributed by atoms with Gasteiger partial charge in [-0.3, -0.25) is 9.69 Å². The minimum Gasteiger partial charge on any atom is -0.369 e. The lowest BCUT2D eigenvalue weighted by Gasteiger charge is -2.37. The molecule has 6 heteroatoms. The summed E-state index contributed by atoms with van der Waals surface area (Å²) in [4.78, 5) is 16.9. The zero-order valence-electron chi connectivity index (χ0n) is 17.3. The number of rotatable bonds is 8. The molecule has 0 aromatic heterocycles. The predicted octanol–water partition coefficient (Wildman–Crippen LogP) is 4.22. The molecule has 1 aromatic carbocycles. The molecule has 1 saturated heterocycles. The number of carbonyl (C=O) groups excluding carboxylic acids is 1. The highest BCUT2D eigenvalue weighted by molar-refractivity contribution is 6.30. The fourth-order valence-electron chi connectivity index (χ4n) is 4.47. The number of nitrogens with zero attached hydrogens (tertiary/aromatic N) is 3. The van der Waals surface area contributed by atoms with Crippen molar-refractivity contribution in [1.29, 1.82) is 5.26 Å². The van der Waals surface area contributed by atoms with E-state index in [9.17, 15) is 4.79 Å². The van der Waals surface area contributed by atoms with Gasteiger partial charge in [0.1, 0.15) is 0 Å². The van der Waals surface area contributed by atoms with Crippen LogP contribution in [-0.2, 0) is 4.79 Å². The lowest BCUT2D eigenvalue weighted by atomic mass is 9.84. The van der Waals surface area contributed by atoms with Crippen LogP contribution in [-0.4, -0.2) is 49.6 Å². The predicted molar refractivity (Wildman–Crippen MR) is 118 cm³/mol. The summed E-state index contributed by atoms with van der Waals surface area (Å²) in [6.07, 6.45) is 7.51. The van der Waals surface area contributed by atoms with Crippen LogP contribution in [0.4, 0.5) is 5.69 Å². The number of nitrogens with one attached hydrogen (secondary N) is 1. The van der Waals surface area contributed by atoms with Gasteiger partial charge in [0.2, 0.25) is 5.91 Å². The molecule has 1 saturated carbocycles. The van der Waals surface area contributed by atoms with E-state index in [1.165, 1.54) is 31.5 Å². The van der Waals surface area contributed by atoms with Gasteiger partial charge in [-0.2, -0.15) is 5.26 Å². The number of amides is 1. The number of nitriles is 1. The maximum Gasteiger partial charge on any atom is 0.220 e. The third-order valence-electron chi connectivity index (χ3n) is 6.32. The van der Waals surface area contributed by atoms with Crippen LogP contribution < -0.4 is 10.2 Å². The van der Waals surface area contributed by atoms with Gasteiger partial charge >= 0.3 is 0 Å². The fourth-order valence-corrected chi connectivity index (χ4v) is 4.60. The van der Waals surface area contributed by atoms with Gasteiger partial charge in [0.05, 0.1) is 6.07 Å². The molecular formula is C23H33ClN4O. The standard InChI is InChI=1S/C23H33ClN4O/c24-20-6-10-22(11-7-20)28-17-15-27(16-18-28)14-12-19-4-8-21(9-5-19)26-23(29)3-1-2-13-25/h6-7,10-11,19,21H,1-5,8-9,12,14-18H2,(H,26,29). The Labute approximate surface area is 180 Å². The molecule has 0 atom stereocenters. The highest BCUT2D eigenvalue weighted by atomic mass is 35.5. The summed E-state index contributed by atoms with van der Waals surface area (Å²) in [6, 6.07) is 10.6. The summed E-state index contributed by atoms with van der Waals surface area (Å²) in [5, 5.41) is 12.5. The number of anilines is 1. The molecule has 0 radical (unpaired) electrons. The van der Waals surface area contributed by atoms with Gasteiger partial charge in [0.15, 0.2) is 0 Å². The van der Waals surface area contributed by atoms with E-state index in [1.807, 2.05) is 12.1 Å². The van der Waals surface area contributed by atoms with Crippen molar-refractivity contribution in [2.75, 3.05) is 37.6 Å². The number of halogens is 1. The van der Waals surface area contributed by atoms with Crippen molar-refractivity contribution >= 4 is 23.2 Å². The van der Waals surface area contributed by atoms with E-state index >= 15 is 0 Å². The van der Waals surface area contributed by atoms with Crippen molar-refractivity contribution in [3.8, 4) is 6.07 Å². The van der Waals surface area contributed by atoms with E-state index < -0.39 is 0 Å². The van der Waals surface area contributed by atoms with Crippen LogP contribution in [0.25, 0.3) is 0 Å². The molecule has 0 spiro atoms. The van der Waals surface area contributed by atoms with Crippen LogP contribution in [0, 0.1) is 17.2 Å². The third kappa shape index (κ3) is 7.21. The minimum absolute atomic E-state index is 0.113. The van der Waals surface area contributed by atoms with Gasteiger partial charge in [0.25, 0.3) is 0 Å². The van der Waals surface area contributed by atoms with E-state index in [4.69, 9.17) is 16.9 Å². The lowest BCUT2D eigenvalue weighted by molar-refractivity contribution is -0.122. The molecule has 1 aliphatic heterocycles. The molecule has 1 heterocycles. The zero-order valence-corrected chi connectivity index (χ0v) is 18.0. The van der Waals surface area contributed by atoms with Crippen molar-refractivity contribution in [2.45, 2.75) is 57.4 Å². The normalized spacial score (nSPS) is 22.8. The first kappa shape index (κ1) is 21.9. The topological polar surface area (TPSA) is 59.4 Å². The number of unbranched alkanes of at least 4 members (excludes halogenated alkanes) is 1. The van der Waals surface area contributed by atoms with Crippen LogP contribution in [0.15, 0.2) is 24.3 Å². The molecule has 29 heavy (non-hydrogen) atoms. The molecule has 3 rings (SSSR count). The average molecular weight is 417 g/mol. The fraction of sp³-hybridized carbons (Fsp3) is 0.652. The second-order valence-electron chi connectivity index (χ2n) is 8.39. The monoisotopic (exact) mass is 416 g/mol. The summed E-state index contributed by atoms with van der Waals surface area (Å²) < 4.78 is 0. The Morgan fingerprint density at radius 2 is 1.79 bits per heavy atom. The third-order valence-corrected chi connectivity index (χ3v) is 6.57. The van der Waals surface area contributed by atoms with Crippen molar-refractivity contribution in [1.82, 2.24) is 10.2 Å². The molecule has 158 valence electrons. The first-order valence-electron chi connectivity index (χ1n) is 11.0. The average Bonchev–Trinajstić information content (AvgIpc) is 2.74. The molecule has 0 bridgehead atoms. The van der Waals surface area contributed by atoms with Gasteiger partial charge in [0, 0.05) is 55.8 Å². The second-order valence-corrected chi connectivity index (χ2v) is 8.83. The molecule has 2 fully saturated rings. The van der Waals surface area contributed by atoms with E-state index in [-0.39, 0.29) is 5.91 Å². The molecule has 5 nitrogen and oxygen atoms in total. The van der Waals surface area contributed by atoms with Gasteiger partial charge in [-0.05, 0) is 75.3 Å². The Morgan fingerprint density at radius 3 is 2.45 bits per heavy atom. The second kappa shape index (κ2) is 11.4. The quantitative estimate of drug-likeness (QED) is 0.644. The van der Waals surface area contributed by atoms with Gasteiger partial charge in [-0.25, -0.2) is 0 Å². The maximum absolute atomic E-state index is 11.9. The summed E-state index contributed by atoms with van der Waals surface area (Å²) >= 11 is 5.99. The van der Waals surface area contributed by atoms with Crippen LogP contribution in [0.5, 0.6) is 0 Å². The van der Waals surface area contributed by atoms with Crippen molar-refractivity contribution in [3.63, 3.8) is 0 Å². The van der Waals surface area contributed by atoms with E-state index in [0.717, 1.165) is 50.0 Å². The molecule has 1 aliphatic carbocycles. The first-order valence-corrected chi connectivity index (χ1v) is 11.4. The molecule has 1 amide bonds. The van der Waals surface area contributed by atoms with Gasteiger partial charge < -0.3 is 10.2 Å². The molecule has 2 aliphatic rings. The van der Waals surface area contributed by atoms with Gasteiger partial charge in [-0.15, -0.1) is 0 Å². The molecule has 1 aromatic rings. The van der Waals surface area contributed by atoms with Crippen LogP contribution in [0.1, 0.15) is 51.4 Å². The summed E-state index contributed by atoms with van der Waals surface area (Å²) in [7, 11) is 0. The summed E-state index contributed by atoms with van der Waals surface area (Å²) in [5.41, 5.74) is 1.27. The summed E-state index contributed by atoms with van der Waals surface area (Å²) in [5.74, 6) is 0.901. The van der Waals surface area contributed by atoms with Crippen LogP contribution in [0.3, 0.4) is 0 Å². The highest BCUT2D eigenvalue weighted by Gasteiger charge is 2.24. The smallest absolute Gasteiger partial charge is 0.220 e. The van der Waals surface area contributed by atoms with Crippen molar-refractivity contribution in [2.24, 2.45) is 5.92 Å². The molecule has 1 N–H and O–H groups in total. The lowest BCUT2D eigenvalue weighted by Crippen LogP contribution is -2.47. The van der Waals surface area contributed by atoms with Crippen LogP contribution >= 0.6 is 11.6 Å². The molecule has 0 unspecified atom stereocenters. The SMILES string of the molecule is N#CCCCC(=O)NC1CCC(CCN2CCN(c3ccc(Cl)cc3)CC2)CC1. The number of carbonyl (C=O) groups is 1. The number of benzene rings is 1. The number of piperazine rings is 1. The van der Waals surface area contributed by atoms with E-state index in [0.29, 0.717) is 25.3 Å². The summed E-state index contributed by atoms with van der Waals surface area (Å²) in [6.45, 7) is 5.58. The van der Waals surface area contributed by atoms with Crippen molar-refractivity contribution in [3.05, 3.63) is 29.3 Å². The van der Waals surface area contributed by atoms with E-state index in [2.05, 4.69) is 33.3 Å². The highest BCUT2D eigenvalue weighted by Crippen LogP contribution is 2.27. The Morgan fingerprint density at radius 1 is 1.10 bits per heavy atom. The Balaban J connectivity index is 1.29. The first-order chi connectivity index (χ1) is 14.1. The maximum atomic E-state index is 11.9. The van der Waals surface area contributed by atoms with Gasteiger partial charge in [-0.1, -0.05) is 11.6 Å².